The van der Waals surface area contributed by atoms with Crippen molar-refractivity contribution in [3.63, 3.8) is 0 Å². The Kier molecular flexibility index (Phi) is 2.48. The van der Waals surface area contributed by atoms with Gasteiger partial charge in [0.05, 0.1) is 0 Å². The standard InChI is InChI=1S/C17H16O/c1-11-7-8-12(2)16-10-13(9-15(11)16)14-5-3-4-6-17(14)18/h3-9,18H,10H2,1-2H3. The molecule has 1 heteroatoms. The van der Waals surface area contributed by atoms with Crippen LogP contribution >= 0.6 is 0 Å². The van der Waals surface area contributed by atoms with Gasteiger partial charge in [-0.3, -0.25) is 0 Å². The second kappa shape index (κ2) is 4.02. The first-order valence-corrected chi connectivity index (χ1v) is 6.25. The van der Waals surface area contributed by atoms with E-state index in [-0.39, 0.29) is 0 Å². The van der Waals surface area contributed by atoms with Gasteiger partial charge in [-0.1, -0.05) is 36.4 Å². The van der Waals surface area contributed by atoms with E-state index in [9.17, 15) is 5.11 Å². The number of aromatic hydroxyl groups is 1. The van der Waals surface area contributed by atoms with Gasteiger partial charge in [0, 0.05) is 5.56 Å². The van der Waals surface area contributed by atoms with E-state index in [4.69, 9.17) is 0 Å². The molecule has 3 rings (SSSR count). The largest absolute Gasteiger partial charge is 0.507 e. The lowest BCUT2D eigenvalue weighted by atomic mass is 9.98. The van der Waals surface area contributed by atoms with E-state index in [0.29, 0.717) is 5.75 Å². The van der Waals surface area contributed by atoms with E-state index in [1.807, 2.05) is 18.2 Å². The lowest BCUT2D eigenvalue weighted by Crippen LogP contribution is -1.91. The molecule has 0 radical (unpaired) electrons. The molecule has 1 aliphatic carbocycles. The van der Waals surface area contributed by atoms with Crippen LogP contribution in [0.5, 0.6) is 5.75 Å². The van der Waals surface area contributed by atoms with Crippen LogP contribution in [0, 0.1) is 13.8 Å². The van der Waals surface area contributed by atoms with Gasteiger partial charge in [-0.05, 0) is 54.2 Å². The third kappa shape index (κ3) is 1.63. The number of aryl methyl sites for hydroxylation is 2. The number of rotatable bonds is 1. The molecule has 90 valence electrons. The maximum absolute atomic E-state index is 9.95. The molecule has 0 fully saturated rings. The molecule has 0 aromatic heterocycles. The molecule has 0 atom stereocenters. The van der Waals surface area contributed by atoms with Crippen LogP contribution in [-0.4, -0.2) is 5.11 Å². The van der Waals surface area contributed by atoms with Crippen LogP contribution in [0.2, 0.25) is 0 Å². The van der Waals surface area contributed by atoms with Crippen molar-refractivity contribution in [3.8, 4) is 5.75 Å². The van der Waals surface area contributed by atoms with E-state index < -0.39 is 0 Å². The number of benzene rings is 2. The van der Waals surface area contributed by atoms with Crippen molar-refractivity contribution >= 4 is 11.6 Å². The minimum Gasteiger partial charge on any atom is -0.507 e. The van der Waals surface area contributed by atoms with Crippen LogP contribution < -0.4 is 0 Å². The Morgan fingerprint density at radius 1 is 0.944 bits per heavy atom. The predicted octanol–water partition coefficient (Wildman–Crippen LogP) is 4.11. The van der Waals surface area contributed by atoms with Gasteiger partial charge in [0.15, 0.2) is 0 Å². The molecule has 0 heterocycles. The summed E-state index contributed by atoms with van der Waals surface area (Å²) in [6.07, 6.45) is 3.13. The highest BCUT2D eigenvalue weighted by atomic mass is 16.3. The molecule has 0 spiro atoms. The Balaban J connectivity index is 2.11. The molecule has 18 heavy (non-hydrogen) atoms. The molecule has 1 aliphatic rings. The highest BCUT2D eigenvalue weighted by molar-refractivity contribution is 5.91. The van der Waals surface area contributed by atoms with Crippen molar-refractivity contribution in [1.82, 2.24) is 0 Å². The molecular weight excluding hydrogens is 220 g/mol. The van der Waals surface area contributed by atoms with E-state index in [0.717, 1.165) is 12.0 Å². The Hall–Kier alpha value is -2.02. The zero-order valence-corrected chi connectivity index (χ0v) is 10.7. The number of hydrogen-bond donors (Lipinski definition) is 1. The fourth-order valence-corrected chi connectivity index (χ4v) is 2.66. The number of allylic oxidation sites excluding steroid dienone is 1. The average Bonchev–Trinajstić information content (AvgIpc) is 2.80. The van der Waals surface area contributed by atoms with Gasteiger partial charge >= 0.3 is 0 Å². The first-order valence-electron chi connectivity index (χ1n) is 6.25. The predicted molar refractivity (Wildman–Crippen MR) is 75.6 cm³/mol. The molecular formula is C17H16O. The van der Waals surface area contributed by atoms with Gasteiger partial charge in [-0.15, -0.1) is 0 Å². The summed E-state index contributed by atoms with van der Waals surface area (Å²) in [5, 5.41) is 9.95. The quantitative estimate of drug-likeness (QED) is 0.790. The maximum atomic E-state index is 9.95. The fraction of sp³-hybridized carbons (Fsp3) is 0.176. The number of phenolic OH excluding ortho intramolecular Hbond substituents is 1. The average molecular weight is 236 g/mol. The van der Waals surface area contributed by atoms with Crippen molar-refractivity contribution in [1.29, 1.82) is 0 Å². The second-order valence-corrected chi connectivity index (χ2v) is 4.96. The zero-order chi connectivity index (χ0) is 12.7. The molecule has 0 aliphatic heterocycles. The molecule has 2 aromatic rings. The van der Waals surface area contributed by atoms with Crippen molar-refractivity contribution in [2.24, 2.45) is 0 Å². The highest BCUT2D eigenvalue weighted by Gasteiger charge is 2.19. The van der Waals surface area contributed by atoms with Gasteiger partial charge in [0.2, 0.25) is 0 Å². The third-order valence-electron chi connectivity index (χ3n) is 3.75. The van der Waals surface area contributed by atoms with Crippen molar-refractivity contribution in [2.45, 2.75) is 20.3 Å². The smallest absolute Gasteiger partial charge is 0.123 e. The molecule has 0 saturated carbocycles. The SMILES string of the molecule is Cc1ccc(C)c2c1C=C(c1ccccc1O)C2. The van der Waals surface area contributed by atoms with Gasteiger partial charge in [0.25, 0.3) is 0 Å². The lowest BCUT2D eigenvalue weighted by Gasteiger charge is -2.07. The molecule has 0 amide bonds. The van der Waals surface area contributed by atoms with Crippen molar-refractivity contribution < 1.29 is 5.11 Å². The minimum absolute atomic E-state index is 0.367. The Morgan fingerprint density at radius 2 is 1.67 bits per heavy atom. The van der Waals surface area contributed by atoms with Crippen LogP contribution in [0.3, 0.4) is 0 Å². The number of para-hydroxylation sites is 1. The van der Waals surface area contributed by atoms with Crippen LogP contribution in [0.25, 0.3) is 11.6 Å². The zero-order valence-electron chi connectivity index (χ0n) is 10.7. The van der Waals surface area contributed by atoms with Crippen molar-refractivity contribution in [3.05, 3.63) is 64.2 Å². The molecule has 2 aromatic carbocycles. The second-order valence-electron chi connectivity index (χ2n) is 4.96. The Morgan fingerprint density at radius 3 is 2.39 bits per heavy atom. The fourth-order valence-electron chi connectivity index (χ4n) is 2.66. The van der Waals surface area contributed by atoms with Gasteiger partial charge in [-0.2, -0.15) is 0 Å². The summed E-state index contributed by atoms with van der Waals surface area (Å²) in [6, 6.07) is 11.9. The molecule has 1 nitrogen and oxygen atoms in total. The first kappa shape index (κ1) is 11.1. The number of fused-ring (bicyclic) bond motifs is 1. The lowest BCUT2D eigenvalue weighted by molar-refractivity contribution is 0.473. The van der Waals surface area contributed by atoms with E-state index in [1.54, 1.807) is 6.07 Å². The van der Waals surface area contributed by atoms with Gasteiger partial charge < -0.3 is 5.11 Å². The third-order valence-corrected chi connectivity index (χ3v) is 3.75. The Labute approximate surface area is 107 Å². The topological polar surface area (TPSA) is 20.2 Å². The summed E-state index contributed by atoms with van der Waals surface area (Å²) in [6.45, 7) is 4.29. The maximum Gasteiger partial charge on any atom is 0.123 e. The normalized spacial score (nSPS) is 13.3. The molecule has 0 unspecified atom stereocenters. The van der Waals surface area contributed by atoms with Crippen LogP contribution in [0.15, 0.2) is 36.4 Å². The number of hydrogen-bond acceptors (Lipinski definition) is 1. The van der Waals surface area contributed by atoms with Crippen LogP contribution in [0.4, 0.5) is 0 Å². The minimum atomic E-state index is 0.367. The van der Waals surface area contributed by atoms with Crippen LogP contribution in [0.1, 0.15) is 27.8 Å². The molecule has 1 N–H and O–H groups in total. The summed E-state index contributed by atoms with van der Waals surface area (Å²) in [7, 11) is 0. The summed E-state index contributed by atoms with van der Waals surface area (Å²) in [5.74, 6) is 0.367. The van der Waals surface area contributed by atoms with Gasteiger partial charge in [-0.25, -0.2) is 0 Å². The Bertz CT molecular complexity index is 651. The summed E-state index contributed by atoms with van der Waals surface area (Å²) >= 11 is 0. The van der Waals surface area contributed by atoms with E-state index in [2.05, 4.69) is 32.1 Å². The van der Waals surface area contributed by atoms with Crippen molar-refractivity contribution in [2.75, 3.05) is 0 Å². The molecule has 0 bridgehead atoms. The summed E-state index contributed by atoms with van der Waals surface area (Å²) in [4.78, 5) is 0. The van der Waals surface area contributed by atoms with E-state index in [1.165, 1.54) is 27.8 Å². The first-order chi connectivity index (χ1) is 8.66. The van der Waals surface area contributed by atoms with E-state index >= 15 is 0 Å². The molecule has 0 saturated heterocycles. The summed E-state index contributed by atoms with van der Waals surface area (Å²) in [5.41, 5.74) is 7.52. The van der Waals surface area contributed by atoms with Gasteiger partial charge in [0.1, 0.15) is 5.75 Å². The monoisotopic (exact) mass is 236 g/mol. The summed E-state index contributed by atoms with van der Waals surface area (Å²) < 4.78 is 0. The highest BCUT2D eigenvalue weighted by Crippen LogP contribution is 2.37. The van der Waals surface area contributed by atoms with Crippen LogP contribution in [-0.2, 0) is 6.42 Å². The number of phenols is 1.